The Hall–Kier alpha value is -3.37. The molecule has 1 aromatic heterocycles. The second-order valence-electron chi connectivity index (χ2n) is 10.2. The average Bonchev–Trinajstić information content (AvgIpc) is 3.30. The molecule has 3 aromatic carbocycles. The zero-order chi connectivity index (χ0) is 24.4. The van der Waals surface area contributed by atoms with Crippen molar-refractivity contribution < 1.29 is 4.79 Å². The van der Waals surface area contributed by atoms with E-state index in [1.54, 1.807) is 0 Å². The predicted octanol–water partition coefficient (Wildman–Crippen LogP) is 6.91. The van der Waals surface area contributed by atoms with E-state index in [2.05, 4.69) is 94.6 Å². The highest BCUT2D eigenvalue weighted by Crippen LogP contribution is 2.31. The van der Waals surface area contributed by atoms with Crippen molar-refractivity contribution in [2.75, 3.05) is 18.4 Å². The molecule has 0 bridgehead atoms. The normalized spacial score (nSPS) is 15.1. The number of nitrogens with one attached hydrogen (secondary N) is 1. The maximum Gasteiger partial charge on any atom is 0.226 e. The summed E-state index contributed by atoms with van der Waals surface area (Å²) in [6.07, 6.45) is 4.48. The first-order valence-corrected chi connectivity index (χ1v) is 12.8. The number of nitrogens with zero attached hydrogens (tertiary/aromatic N) is 2. The molecular formula is C31H35N3O. The average molecular weight is 466 g/mol. The first kappa shape index (κ1) is 23.4. The minimum absolute atomic E-state index is 0.0138. The third kappa shape index (κ3) is 5.18. The summed E-state index contributed by atoms with van der Waals surface area (Å²) >= 11 is 0. The van der Waals surface area contributed by atoms with E-state index in [1.807, 2.05) is 19.9 Å². The van der Waals surface area contributed by atoms with Crippen LogP contribution in [-0.4, -0.2) is 28.5 Å². The van der Waals surface area contributed by atoms with Gasteiger partial charge in [0.15, 0.2) is 0 Å². The minimum atomic E-state index is -0.0138. The molecule has 35 heavy (non-hydrogen) atoms. The Morgan fingerprint density at radius 1 is 0.971 bits per heavy atom. The second kappa shape index (κ2) is 10.1. The van der Waals surface area contributed by atoms with Gasteiger partial charge in [0.25, 0.3) is 0 Å². The fourth-order valence-electron chi connectivity index (χ4n) is 5.19. The Morgan fingerprint density at radius 2 is 1.74 bits per heavy atom. The lowest BCUT2D eigenvalue weighted by Gasteiger charge is -2.32. The molecule has 2 heterocycles. The predicted molar refractivity (Wildman–Crippen MR) is 145 cm³/mol. The standard InChI is InChI=1S/C31H35N3O/c1-22(2)31(35)32-27-10-5-8-25(20-27)24-13-16-33(17-14-24)21-26-9-6-12-30-29(26)15-18-34(30)28-11-4-7-23(3)19-28/h4-12,15,18-20,22,24H,13-14,16-17,21H2,1-3H3,(H,32,35). The van der Waals surface area contributed by atoms with E-state index in [4.69, 9.17) is 0 Å². The van der Waals surface area contributed by atoms with Gasteiger partial charge in [0.1, 0.15) is 0 Å². The smallest absolute Gasteiger partial charge is 0.226 e. The van der Waals surface area contributed by atoms with E-state index >= 15 is 0 Å². The fourth-order valence-corrected chi connectivity index (χ4v) is 5.19. The molecule has 0 saturated carbocycles. The van der Waals surface area contributed by atoms with Gasteiger partial charge in [-0.1, -0.05) is 50.2 Å². The molecule has 1 aliphatic heterocycles. The quantitative estimate of drug-likeness (QED) is 0.336. The van der Waals surface area contributed by atoms with Crippen LogP contribution in [0.2, 0.25) is 0 Å². The molecule has 5 rings (SSSR count). The molecule has 0 unspecified atom stereocenters. The molecule has 1 amide bonds. The summed E-state index contributed by atoms with van der Waals surface area (Å²) in [5.41, 5.74) is 7.40. The highest BCUT2D eigenvalue weighted by atomic mass is 16.1. The zero-order valence-electron chi connectivity index (χ0n) is 21.0. The maximum absolute atomic E-state index is 12.1. The van der Waals surface area contributed by atoms with Crippen molar-refractivity contribution in [2.24, 2.45) is 5.92 Å². The van der Waals surface area contributed by atoms with Gasteiger partial charge in [0.2, 0.25) is 5.91 Å². The van der Waals surface area contributed by atoms with Gasteiger partial charge in [-0.3, -0.25) is 9.69 Å². The molecule has 1 fully saturated rings. The molecular weight excluding hydrogens is 430 g/mol. The summed E-state index contributed by atoms with van der Waals surface area (Å²) in [5.74, 6) is 0.600. The summed E-state index contributed by atoms with van der Waals surface area (Å²) < 4.78 is 2.29. The highest BCUT2D eigenvalue weighted by Gasteiger charge is 2.22. The molecule has 4 nitrogen and oxygen atoms in total. The number of carbonyl (C=O) groups excluding carboxylic acids is 1. The van der Waals surface area contributed by atoms with Gasteiger partial charge in [0.05, 0.1) is 5.52 Å². The highest BCUT2D eigenvalue weighted by molar-refractivity contribution is 5.92. The number of hydrogen-bond donors (Lipinski definition) is 1. The van der Waals surface area contributed by atoms with Gasteiger partial charge in [-0.2, -0.15) is 0 Å². The van der Waals surface area contributed by atoms with Crippen LogP contribution >= 0.6 is 0 Å². The minimum Gasteiger partial charge on any atom is -0.326 e. The molecule has 0 atom stereocenters. The number of carbonyl (C=O) groups is 1. The van der Waals surface area contributed by atoms with Crippen molar-refractivity contribution in [1.82, 2.24) is 9.47 Å². The number of aryl methyl sites for hydroxylation is 1. The third-order valence-electron chi connectivity index (χ3n) is 7.23. The maximum atomic E-state index is 12.1. The number of aromatic nitrogens is 1. The van der Waals surface area contributed by atoms with Crippen LogP contribution in [-0.2, 0) is 11.3 Å². The molecule has 0 aliphatic carbocycles. The van der Waals surface area contributed by atoms with Crippen molar-refractivity contribution in [3.05, 3.63) is 95.7 Å². The third-order valence-corrected chi connectivity index (χ3v) is 7.23. The topological polar surface area (TPSA) is 37.3 Å². The Kier molecular flexibility index (Phi) is 6.74. The Morgan fingerprint density at radius 3 is 2.51 bits per heavy atom. The first-order chi connectivity index (χ1) is 17.0. The van der Waals surface area contributed by atoms with Gasteiger partial charge in [-0.05, 0) is 91.9 Å². The van der Waals surface area contributed by atoms with Crippen LogP contribution in [0, 0.1) is 12.8 Å². The van der Waals surface area contributed by atoms with Crippen LogP contribution in [0.3, 0.4) is 0 Å². The first-order valence-electron chi connectivity index (χ1n) is 12.8. The van der Waals surface area contributed by atoms with E-state index in [-0.39, 0.29) is 11.8 Å². The monoisotopic (exact) mass is 465 g/mol. The zero-order valence-corrected chi connectivity index (χ0v) is 21.0. The molecule has 0 radical (unpaired) electrons. The number of hydrogen-bond acceptors (Lipinski definition) is 2. The van der Waals surface area contributed by atoms with Crippen molar-refractivity contribution in [1.29, 1.82) is 0 Å². The van der Waals surface area contributed by atoms with Gasteiger partial charge < -0.3 is 9.88 Å². The van der Waals surface area contributed by atoms with Gasteiger partial charge >= 0.3 is 0 Å². The van der Waals surface area contributed by atoms with Crippen LogP contribution in [0.25, 0.3) is 16.6 Å². The van der Waals surface area contributed by atoms with E-state index in [0.29, 0.717) is 5.92 Å². The molecule has 0 spiro atoms. The molecule has 1 N–H and O–H groups in total. The largest absolute Gasteiger partial charge is 0.326 e. The summed E-state index contributed by atoms with van der Waals surface area (Å²) in [6.45, 7) is 9.14. The molecule has 4 aromatic rings. The second-order valence-corrected chi connectivity index (χ2v) is 10.2. The Bertz CT molecular complexity index is 1330. The van der Waals surface area contributed by atoms with Crippen LogP contribution in [0.15, 0.2) is 79.0 Å². The van der Waals surface area contributed by atoms with Crippen molar-refractivity contribution in [3.63, 3.8) is 0 Å². The van der Waals surface area contributed by atoms with E-state index < -0.39 is 0 Å². The van der Waals surface area contributed by atoms with Gasteiger partial charge in [0, 0.05) is 35.4 Å². The van der Waals surface area contributed by atoms with E-state index in [0.717, 1.165) is 38.2 Å². The lowest BCUT2D eigenvalue weighted by molar-refractivity contribution is -0.118. The SMILES string of the molecule is Cc1cccc(-n2ccc3c(CN4CCC(c5cccc(NC(=O)C(C)C)c5)CC4)cccc32)c1. The van der Waals surface area contributed by atoms with E-state index in [9.17, 15) is 4.79 Å². The van der Waals surface area contributed by atoms with Crippen molar-refractivity contribution >= 4 is 22.5 Å². The molecule has 4 heteroatoms. The summed E-state index contributed by atoms with van der Waals surface area (Å²) in [5, 5.41) is 4.38. The number of likely N-dealkylation sites (tertiary alicyclic amines) is 1. The number of benzene rings is 3. The number of amides is 1. The number of anilines is 1. The van der Waals surface area contributed by atoms with Crippen molar-refractivity contribution in [2.45, 2.75) is 46.1 Å². The van der Waals surface area contributed by atoms with Gasteiger partial charge in [-0.15, -0.1) is 0 Å². The summed E-state index contributed by atoms with van der Waals surface area (Å²) in [7, 11) is 0. The van der Waals surface area contributed by atoms with Crippen LogP contribution in [0.5, 0.6) is 0 Å². The lowest BCUT2D eigenvalue weighted by atomic mass is 9.89. The molecule has 180 valence electrons. The molecule has 1 saturated heterocycles. The summed E-state index contributed by atoms with van der Waals surface area (Å²) in [6, 6.07) is 26.0. The lowest BCUT2D eigenvalue weighted by Crippen LogP contribution is -2.32. The van der Waals surface area contributed by atoms with E-state index in [1.165, 1.54) is 33.3 Å². The van der Waals surface area contributed by atoms with Crippen LogP contribution < -0.4 is 5.32 Å². The van der Waals surface area contributed by atoms with Crippen molar-refractivity contribution in [3.8, 4) is 5.69 Å². The van der Waals surface area contributed by atoms with Crippen LogP contribution in [0.4, 0.5) is 5.69 Å². The summed E-state index contributed by atoms with van der Waals surface area (Å²) in [4.78, 5) is 14.7. The fraction of sp³-hybridized carbons (Fsp3) is 0.323. The van der Waals surface area contributed by atoms with Gasteiger partial charge in [-0.25, -0.2) is 0 Å². The Balaban J connectivity index is 1.26. The number of rotatable bonds is 6. The number of piperidine rings is 1. The molecule has 1 aliphatic rings. The van der Waals surface area contributed by atoms with Crippen LogP contribution in [0.1, 0.15) is 49.3 Å². The Labute approximate surface area is 208 Å². The number of fused-ring (bicyclic) bond motifs is 1.